The van der Waals surface area contributed by atoms with E-state index in [9.17, 15) is 8.42 Å². The molecule has 0 aromatic heterocycles. The van der Waals surface area contributed by atoms with Crippen LogP contribution in [0, 0.1) is 11.8 Å². The maximum absolute atomic E-state index is 12.7. The average molecular weight is 326 g/mol. The average Bonchev–Trinajstić information content (AvgIpc) is 2.37. The summed E-state index contributed by atoms with van der Waals surface area (Å²) in [6, 6.07) is 0.152. The van der Waals surface area contributed by atoms with Crippen LogP contribution >= 0.6 is 12.4 Å². The van der Waals surface area contributed by atoms with Gasteiger partial charge in [0.2, 0.25) is 0 Å². The second kappa shape index (κ2) is 7.40. The maximum atomic E-state index is 12.7. The van der Waals surface area contributed by atoms with Crippen LogP contribution in [-0.2, 0) is 10.2 Å². The number of piperidine rings is 2. The van der Waals surface area contributed by atoms with Crippen molar-refractivity contribution in [2.45, 2.75) is 39.2 Å². The van der Waals surface area contributed by atoms with Crippen molar-refractivity contribution in [1.82, 2.24) is 13.9 Å². The van der Waals surface area contributed by atoms with Gasteiger partial charge in [0.05, 0.1) is 0 Å². The Kier molecular flexibility index (Phi) is 6.73. The zero-order valence-corrected chi connectivity index (χ0v) is 14.3. The van der Waals surface area contributed by atoms with Gasteiger partial charge in [0, 0.05) is 26.2 Å². The molecular formula is C13H28ClN3O2S. The summed E-state index contributed by atoms with van der Waals surface area (Å²) in [5.74, 6) is 0.917. The van der Waals surface area contributed by atoms with E-state index in [1.165, 1.54) is 0 Å². The van der Waals surface area contributed by atoms with Crippen LogP contribution in [0.2, 0.25) is 0 Å². The summed E-state index contributed by atoms with van der Waals surface area (Å²) >= 11 is 0. The first-order valence-corrected chi connectivity index (χ1v) is 8.74. The molecule has 0 aromatic rings. The summed E-state index contributed by atoms with van der Waals surface area (Å²) in [6.07, 6.45) is 2.95. The van der Waals surface area contributed by atoms with Crippen LogP contribution in [0.4, 0.5) is 0 Å². The zero-order valence-electron chi connectivity index (χ0n) is 12.7. The van der Waals surface area contributed by atoms with E-state index in [4.69, 9.17) is 0 Å². The molecule has 7 heteroatoms. The molecule has 2 fully saturated rings. The lowest BCUT2D eigenvalue weighted by Gasteiger charge is -2.39. The van der Waals surface area contributed by atoms with Crippen LogP contribution in [0.3, 0.4) is 0 Å². The van der Waals surface area contributed by atoms with Crippen molar-refractivity contribution < 1.29 is 8.42 Å². The van der Waals surface area contributed by atoms with Crippen LogP contribution < -0.4 is 5.32 Å². The highest BCUT2D eigenvalue weighted by atomic mass is 35.5. The van der Waals surface area contributed by atoms with E-state index in [0.29, 0.717) is 24.9 Å². The van der Waals surface area contributed by atoms with Gasteiger partial charge in [-0.2, -0.15) is 17.0 Å². The monoisotopic (exact) mass is 325 g/mol. The third kappa shape index (κ3) is 4.07. The fraction of sp³-hybridized carbons (Fsp3) is 1.00. The number of hydrogen-bond acceptors (Lipinski definition) is 3. The Labute approximate surface area is 129 Å². The third-order valence-electron chi connectivity index (χ3n) is 4.35. The fourth-order valence-electron chi connectivity index (χ4n) is 3.33. The van der Waals surface area contributed by atoms with Crippen LogP contribution in [-0.4, -0.2) is 56.3 Å². The molecule has 0 bridgehead atoms. The third-order valence-corrected chi connectivity index (χ3v) is 6.33. The Morgan fingerprint density at radius 2 is 1.60 bits per heavy atom. The molecule has 20 heavy (non-hydrogen) atoms. The first kappa shape index (κ1) is 18.2. The number of halogens is 1. The van der Waals surface area contributed by atoms with E-state index in [-0.39, 0.29) is 18.4 Å². The number of rotatable bonds is 3. The van der Waals surface area contributed by atoms with Crippen molar-refractivity contribution >= 4 is 22.6 Å². The molecule has 0 radical (unpaired) electrons. The highest BCUT2D eigenvalue weighted by molar-refractivity contribution is 7.86. The molecule has 0 saturated carbocycles. The van der Waals surface area contributed by atoms with Crippen molar-refractivity contribution in [2.75, 3.05) is 33.2 Å². The molecule has 2 saturated heterocycles. The predicted molar refractivity (Wildman–Crippen MR) is 84.3 cm³/mol. The molecule has 0 aromatic carbocycles. The molecule has 2 heterocycles. The minimum atomic E-state index is -3.29. The first-order chi connectivity index (χ1) is 8.91. The Morgan fingerprint density at radius 3 is 2.10 bits per heavy atom. The predicted octanol–water partition coefficient (Wildman–Crippen LogP) is 1.31. The molecule has 2 rings (SSSR count). The van der Waals surface area contributed by atoms with E-state index >= 15 is 0 Å². The Balaban J connectivity index is 0.00000200. The summed E-state index contributed by atoms with van der Waals surface area (Å²) in [5.41, 5.74) is 0. The molecule has 0 spiro atoms. The fourth-order valence-corrected chi connectivity index (χ4v) is 5.17. The van der Waals surface area contributed by atoms with Crippen LogP contribution in [0.5, 0.6) is 0 Å². The number of nitrogens with zero attached hydrogens (tertiary/aromatic N) is 2. The Morgan fingerprint density at radius 1 is 1.10 bits per heavy atom. The Bertz CT molecular complexity index is 388. The molecule has 0 aliphatic carbocycles. The summed E-state index contributed by atoms with van der Waals surface area (Å²) < 4.78 is 28.7. The van der Waals surface area contributed by atoms with E-state index in [1.54, 1.807) is 15.7 Å². The molecule has 120 valence electrons. The standard InChI is InChI=1S/C13H27N3O2S.ClH/c1-11-8-12(2)10-16(9-11)19(17,18)15(3)13-4-6-14-7-5-13;/h11-14H,4-10H2,1-3H3;1H. The minimum absolute atomic E-state index is 0. The molecule has 2 unspecified atom stereocenters. The van der Waals surface area contributed by atoms with Crippen molar-refractivity contribution in [3.8, 4) is 0 Å². The zero-order chi connectivity index (χ0) is 14.0. The van der Waals surface area contributed by atoms with Crippen LogP contribution in [0.1, 0.15) is 33.1 Å². The molecule has 0 amide bonds. The van der Waals surface area contributed by atoms with E-state index < -0.39 is 10.2 Å². The highest BCUT2D eigenvalue weighted by Crippen LogP contribution is 2.26. The molecule has 5 nitrogen and oxygen atoms in total. The van der Waals surface area contributed by atoms with Gasteiger partial charge in [0.25, 0.3) is 10.2 Å². The topological polar surface area (TPSA) is 52.7 Å². The van der Waals surface area contributed by atoms with E-state index in [1.807, 2.05) is 0 Å². The Hall–Kier alpha value is 0.120. The van der Waals surface area contributed by atoms with Gasteiger partial charge in [0.1, 0.15) is 0 Å². The van der Waals surface area contributed by atoms with Gasteiger partial charge < -0.3 is 5.32 Å². The summed E-state index contributed by atoms with van der Waals surface area (Å²) in [4.78, 5) is 0. The second-order valence-corrected chi connectivity index (χ2v) is 8.26. The van der Waals surface area contributed by atoms with Gasteiger partial charge in [-0.25, -0.2) is 0 Å². The van der Waals surface area contributed by atoms with Crippen molar-refractivity contribution in [3.63, 3.8) is 0 Å². The number of nitrogens with one attached hydrogen (secondary N) is 1. The van der Waals surface area contributed by atoms with Gasteiger partial charge >= 0.3 is 0 Å². The second-order valence-electron chi connectivity index (χ2n) is 6.27. The molecular weight excluding hydrogens is 298 g/mol. The summed E-state index contributed by atoms with van der Waals surface area (Å²) in [6.45, 7) is 7.45. The summed E-state index contributed by atoms with van der Waals surface area (Å²) in [7, 11) is -1.54. The minimum Gasteiger partial charge on any atom is -0.317 e. The quantitative estimate of drug-likeness (QED) is 0.851. The van der Waals surface area contributed by atoms with E-state index in [2.05, 4.69) is 19.2 Å². The molecule has 1 N–H and O–H groups in total. The lowest BCUT2D eigenvalue weighted by atomic mass is 9.94. The van der Waals surface area contributed by atoms with Gasteiger partial charge in [-0.3, -0.25) is 0 Å². The highest BCUT2D eigenvalue weighted by Gasteiger charge is 2.36. The van der Waals surface area contributed by atoms with E-state index in [0.717, 1.165) is 32.4 Å². The van der Waals surface area contributed by atoms with Crippen LogP contribution in [0.15, 0.2) is 0 Å². The normalized spacial score (nSPS) is 30.2. The van der Waals surface area contributed by atoms with Gasteiger partial charge in [-0.05, 0) is 44.2 Å². The van der Waals surface area contributed by atoms with Crippen LogP contribution in [0.25, 0.3) is 0 Å². The lowest BCUT2D eigenvalue weighted by Crippen LogP contribution is -2.52. The van der Waals surface area contributed by atoms with Gasteiger partial charge in [-0.1, -0.05) is 13.8 Å². The maximum Gasteiger partial charge on any atom is 0.281 e. The largest absolute Gasteiger partial charge is 0.317 e. The lowest BCUT2D eigenvalue weighted by molar-refractivity contribution is 0.199. The first-order valence-electron chi connectivity index (χ1n) is 7.35. The van der Waals surface area contributed by atoms with Gasteiger partial charge in [0.15, 0.2) is 0 Å². The van der Waals surface area contributed by atoms with Crippen molar-refractivity contribution in [3.05, 3.63) is 0 Å². The van der Waals surface area contributed by atoms with Crippen molar-refractivity contribution in [1.29, 1.82) is 0 Å². The number of hydrogen-bond donors (Lipinski definition) is 1. The van der Waals surface area contributed by atoms with Crippen molar-refractivity contribution in [2.24, 2.45) is 11.8 Å². The SMILES string of the molecule is CC1CC(C)CN(S(=O)(=O)N(C)C2CCNCC2)C1.Cl. The molecule has 2 aliphatic heterocycles. The summed E-state index contributed by atoms with van der Waals surface area (Å²) in [5, 5.41) is 3.28. The smallest absolute Gasteiger partial charge is 0.281 e. The molecule has 2 atom stereocenters. The molecule has 2 aliphatic rings. The van der Waals surface area contributed by atoms with Gasteiger partial charge in [-0.15, -0.1) is 12.4 Å².